The molecule has 4 N–H and O–H groups in total. The second kappa shape index (κ2) is 32.6. The minimum absolute atomic E-state index is 0.338. The first-order chi connectivity index (χ1) is 42.1. The van der Waals surface area contributed by atoms with Gasteiger partial charge in [0.25, 0.3) is 0 Å². The molecule has 0 amide bonds. The van der Waals surface area contributed by atoms with Gasteiger partial charge in [0.15, 0.2) is 0 Å². The average molecular weight is 1140 g/mol. The van der Waals surface area contributed by atoms with Crippen molar-refractivity contribution in [1.29, 1.82) is 0 Å². The molecule has 0 spiro atoms. The van der Waals surface area contributed by atoms with Gasteiger partial charge in [0.1, 0.15) is 0 Å². The van der Waals surface area contributed by atoms with E-state index in [0.29, 0.717) is 84.1 Å². The van der Waals surface area contributed by atoms with Gasteiger partial charge in [-0.05, 0) is 202 Å². The highest BCUT2D eigenvalue weighted by atomic mass is 14.5. The van der Waals surface area contributed by atoms with Crippen LogP contribution in [0.3, 0.4) is 0 Å². The van der Waals surface area contributed by atoms with E-state index in [1.165, 1.54) is 66.8 Å². The summed E-state index contributed by atoms with van der Waals surface area (Å²) in [5.74, 6) is 4.81. The second-order valence-corrected chi connectivity index (χ2v) is 26.0. The average Bonchev–Trinajstić information content (AvgIpc) is 3.36. The van der Waals surface area contributed by atoms with E-state index in [-0.39, 0.29) is 0 Å². The van der Waals surface area contributed by atoms with E-state index in [1.54, 1.807) is 0 Å². The van der Waals surface area contributed by atoms with Crippen LogP contribution in [0.25, 0.3) is 0 Å². The lowest BCUT2D eigenvalue weighted by atomic mass is 9.71. The number of rotatable bonds is 32. The number of hydrogen-bond acceptors (Lipinski definition) is 2. The van der Waals surface area contributed by atoms with Crippen molar-refractivity contribution in [3.8, 4) is 0 Å². The van der Waals surface area contributed by atoms with E-state index in [2.05, 4.69) is 296 Å². The molecule has 0 aliphatic carbocycles. The fraction of sp³-hybridized carbons (Fsp3) is 0.357. The number of hydrogen-bond donors (Lipinski definition) is 2. The van der Waals surface area contributed by atoms with Crippen molar-refractivity contribution in [2.45, 2.75) is 178 Å². The topological polar surface area (TPSA) is 52.0 Å². The Labute approximate surface area is 520 Å². The van der Waals surface area contributed by atoms with Gasteiger partial charge in [-0.15, -0.1) is 0 Å². The molecule has 0 fully saturated rings. The van der Waals surface area contributed by atoms with Crippen LogP contribution in [0.2, 0.25) is 0 Å². The van der Waals surface area contributed by atoms with E-state index in [4.69, 9.17) is 11.5 Å². The van der Waals surface area contributed by atoms with Crippen LogP contribution in [0.1, 0.15) is 232 Å². The van der Waals surface area contributed by atoms with E-state index < -0.39 is 0 Å². The molecule has 86 heavy (non-hydrogen) atoms. The van der Waals surface area contributed by atoms with Gasteiger partial charge in [-0.3, -0.25) is 0 Å². The Bertz CT molecular complexity index is 3270. The lowest BCUT2D eigenvalue weighted by Gasteiger charge is -2.33. The smallest absolute Gasteiger partial charge is 0.0178 e. The molecule has 446 valence electrons. The molecule has 2 nitrogen and oxygen atoms in total. The summed E-state index contributed by atoms with van der Waals surface area (Å²) in [5.41, 5.74) is 29.2. The Morgan fingerprint density at radius 2 is 0.407 bits per heavy atom. The molecule has 2 heteroatoms. The Balaban J connectivity index is 1.11. The zero-order valence-electron chi connectivity index (χ0n) is 52.8. The van der Waals surface area contributed by atoms with Gasteiger partial charge in [0, 0.05) is 13.1 Å². The molecule has 0 saturated carbocycles. The summed E-state index contributed by atoms with van der Waals surface area (Å²) in [6.07, 6.45) is 10.9. The molecule has 10 unspecified atom stereocenters. The van der Waals surface area contributed by atoms with Gasteiger partial charge in [-0.1, -0.05) is 296 Å². The summed E-state index contributed by atoms with van der Waals surface area (Å²) in [7, 11) is 0. The van der Waals surface area contributed by atoms with Gasteiger partial charge < -0.3 is 11.5 Å². The monoisotopic (exact) mass is 1140 g/mol. The molecule has 0 aliphatic rings. The van der Waals surface area contributed by atoms with Crippen LogP contribution in [-0.4, -0.2) is 0 Å². The molecular weight excluding hydrogens is 1040 g/mol. The van der Waals surface area contributed by atoms with Crippen molar-refractivity contribution < 1.29 is 0 Å². The predicted molar refractivity (Wildman–Crippen MR) is 368 cm³/mol. The molecule has 9 aromatic rings. The van der Waals surface area contributed by atoms with Crippen LogP contribution in [0.15, 0.2) is 255 Å². The van der Waals surface area contributed by atoms with Crippen molar-refractivity contribution >= 4 is 0 Å². The largest absolute Gasteiger partial charge is 0.326 e. The summed E-state index contributed by atoms with van der Waals surface area (Å²) in [5, 5.41) is 0. The summed E-state index contributed by atoms with van der Waals surface area (Å²) in [6.45, 7) is 15.6. The Hall–Kier alpha value is -7.10. The minimum Gasteiger partial charge on any atom is -0.326 e. The summed E-state index contributed by atoms with van der Waals surface area (Å²) >= 11 is 0. The standard InChI is InChI=1S/C84H100N2/c1-7-65(67-27-15-9-16-28-67)51-77(53-79(69-31-19-11-20-32-69)55-81(71-35-23-13-24-36-71)57-84(62(5)6)76-45-41-64(60-86)42-46-76)73-47-49-74(50-48-73)78(52-66(8-2)68-29-17-10-18-30-68)54-80(70-33-21-12-22-34-70)56-82(72-43-39-63(59-85)40-44-72)58-83(61(3)4)75-37-25-14-26-38-75/h9-50,61-62,65-66,77-84H,7-8,51-60,85-86H2,1-6H3. The van der Waals surface area contributed by atoms with Gasteiger partial charge in [-0.25, -0.2) is 0 Å². The third-order valence-corrected chi connectivity index (χ3v) is 19.9. The van der Waals surface area contributed by atoms with E-state index >= 15 is 0 Å². The molecular formula is C84H100N2. The molecule has 9 aromatic carbocycles. The van der Waals surface area contributed by atoms with Gasteiger partial charge in [-0.2, -0.15) is 0 Å². The first-order valence-corrected chi connectivity index (χ1v) is 33.1. The predicted octanol–water partition coefficient (Wildman–Crippen LogP) is 22.3. The maximum atomic E-state index is 6.24. The summed E-state index contributed by atoms with van der Waals surface area (Å²) in [4.78, 5) is 0. The Morgan fingerprint density at radius 3 is 0.651 bits per heavy atom. The summed E-state index contributed by atoms with van der Waals surface area (Å²) < 4.78 is 0. The number of benzene rings is 9. The lowest BCUT2D eigenvalue weighted by molar-refractivity contribution is 0.373. The molecule has 9 rings (SSSR count). The van der Waals surface area contributed by atoms with Gasteiger partial charge in [0.05, 0.1) is 0 Å². The highest BCUT2D eigenvalue weighted by Crippen LogP contribution is 2.48. The van der Waals surface area contributed by atoms with E-state index in [0.717, 1.165) is 64.2 Å². The van der Waals surface area contributed by atoms with Gasteiger partial charge in [0.2, 0.25) is 0 Å². The normalized spacial score (nSPS) is 15.3. The van der Waals surface area contributed by atoms with Crippen LogP contribution < -0.4 is 11.5 Å². The quantitative estimate of drug-likeness (QED) is 0.0441. The molecule has 0 aromatic heterocycles. The fourth-order valence-electron chi connectivity index (χ4n) is 14.7. The van der Waals surface area contributed by atoms with Crippen molar-refractivity contribution in [3.63, 3.8) is 0 Å². The van der Waals surface area contributed by atoms with Crippen molar-refractivity contribution in [2.24, 2.45) is 23.3 Å². The van der Waals surface area contributed by atoms with Crippen molar-refractivity contribution in [1.82, 2.24) is 0 Å². The maximum Gasteiger partial charge on any atom is 0.0178 e. The number of nitrogens with two attached hydrogens (primary N) is 2. The van der Waals surface area contributed by atoms with E-state index in [9.17, 15) is 0 Å². The Morgan fingerprint density at radius 1 is 0.221 bits per heavy atom. The molecule has 0 saturated heterocycles. The summed E-state index contributed by atoms with van der Waals surface area (Å²) in [6, 6.07) is 97.5. The first kappa shape index (κ1) is 63.4. The van der Waals surface area contributed by atoms with Crippen LogP contribution in [0, 0.1) is 11.8 Å². The first-order valence-electron chi connectivity index (χ1n) is 33.1. The van der Waals surface area contributed by atoms with Crippen LogP contribution in [0.4, 0.5) is 0 Å². The van der Waals surface area contributed by atoms with Gasteiger partial charge >= 0.3 is 0 Å². The molecule has 0 aliphatic heterocycles. The third-order valence-electron chi connectivity index (χ3n) is 19.9. The van der Waals surface area contributed by atoms with Crippen LogP contribution >= 0.6 is 0 Å². The third kappa shape index (κ3) is 17.5. The van der Waals surface area contributed by atoms with Crippen molar-refractivity contribution in [3.05, 3.63) is 322 Å². The highest BCUT2D eigenvalue weighted by molar-refractivity contribution is 5.36. The van der Waals surface area contributed by atoms with Crippen LogP contribution in [0.5, 0.6) is 0 Å². The molecule has 0 radical (unpaired) electrons. The second-order valence-electron chi connectivity index (χ2n) is 26.0. The van der Waals surface area contributed by atoms with E-state index in [1.807, 2.05) is 0 Å². The highest BCUT2D eigenvalue weighted by Gasteiger charge is 2.32. The van der Waals surface area contributed by atoms with Crippen LogP contribution in [-0.2, 0) is 13.1 Å². The molecule has 0 heterocycles. The molecule has 10 atom stereocenters. The minimum atomic E-state index is 0.338. The zero-order valence-corrected chi connectivity index (χ0v) is 52.8. The zero-order chi connectivity index (χ0) is 60.0. The van der Waals surface area contributed by atoms with Crippen molar-refractivity contribution in [2.75, 3.05) is 0 Å². The lowest BCUT2D eigenvalue weighted by Crippen LogP contribution is -2.17. The SMILES string of the molecule is CCC(CC(CC(CC(CC(c1ccccc1)C(C)C)c1ccc(CN)cc1)c1ccccc1)c1ccc(C(CC(CC)c2ccccc2)CC(CC(CC(c2ccc(CN)cc2)C(C)C)c2ccccc2)c2ccccc2)cc1)c1ccccc1. The Kier molecular flexibility index (Phi) is 24.0. The molecule has 0 bridgehead atoms. The fourth-order valence-corrected chi connectivity index (χ4v) is 14.7. The maximum absolute atomic E-state index is 6.24.